The average Bonchev–Trinajstić information content (AvgIpc) is 2.38. The second-order valence-electron chi connectivity index (χ2n) is 2.23. The van der Waals surface area contributed by atoms with Crippen LogP contribution in [-0.4, -0.2) is 9.13 Å². The molecule has 0 aliphatic rings. The van der Waals surface area contributed by atoms with E-state index in [9.17, 15) is 0 Å². The molecule has 6 heteroatoms. The molecule has 0 radical (unpaired) electrons. The van der Waals surface area contributed by atoms with Gasteiger partial charge in [0.2, 0.25) is 0 Å². The quantitative estimate of drug-likeness (QED) is 0.347. The Morgan fingerprint density at radius 3 is 2.62 bits per heavy atom. The molecule has 0 aliphatic heterocycles. The van der Waals surface area contributed by atoms with Crippen LogP contribution in [0.2, 0.25) is 0 Å². The molecule has 72 valence electrons. The van der Waals surface area contributed by atoms with Crippen molar-refractivity contribution in [3.63, 3.8) is 0 Å². The van der Waals surface area contributed by atoms with Gasteiger partial charge in [-0.15, -0.1) is 0 Å². The van der Waals surface area contributed by atoms with Crippen molar-refractivity contribution >= 4 is 42.8 Å². The third-order valence-corrected chi connectivity index (χ3v) is 2.27. The Labute approximate surface area is 94.2 Å². The number of aryl methyl sites for hydroxylation is 1. The fraction of sp³-hybridized carbons (Fsp3) is 0.429. The van der Waals surface area contributed by atoms with Gasteiger partial charge in [-0.25, -0.2) is 4.57 Å². The fourth-order valence-corrected chi connectivity index (χ4v) is 1.23. The molecule has 0 N–H and O–H groups in total. The van der Waals surface area contributed by atoms with Gasteiger partial charge in [0.1, 0.15) is 12.4 Å². The minimum atomic E-state index is 0.880. The van der Waals surface area contributed by atoms with Gasteiger partial charge in [-0.3, -0.25) is 0 Å². The summed E-state index contributed by atoms with van der Waals surface area (Å²) in [5, 5.41) is 9.35. The van der Waals surface area contributed by atoms with Gasteiger partial charge in [0.25, 0.3) is 0 Å². The fourth-order valence-electron chi connectivity index (χ4n) is 0.824. The molecule has 0 atom stereocenters. The molecule has 0 bridgehead atoms. The molecule has 0 spiro atoms. The first-order valence-electron chi connectivity index (χ1n) is 3.67. The van der Waals surface area contributed by atoms with Gasteiger partial charge >= 0.3 is 5.16 Å². The highest BCUT2D eigenvalue weighted by Crippen LogP contribution is 2.01. The second kappa shape index (κ2) is 7.15. The third kappa shape index (κ3) is 4.47. The highest BCUT2D eigenvalue weighted by Gasteiger charge is 2.08. The molecule has 0 unspecified atom stereocenters. The number of nitrogens with zero attached hydrogens (tertiary/aromatic N) is 3. The van der Waals surface area contributed by atoms with Crippen molar-refractivity contribution < 1.29 is 4.57 Å². The Balaban J connectivity index is 0.000000424. The van der Waals surface area contributed by atoms with Crippen LogP contribution in [0.4, 0.5) is 0 Å². The summed E-state index contributed by atoms with van der Waals surface area (Å²) in [6.45, 7) is 3.14. The number of aromatic nitrogens is 2. The lowest BCUT2D eigenvalue weighted by molar-refractivity contribution is -0.732. The van der Waals surface area contributed by atoms with E-state index in [4.69, 9.17) is 5.41 Å². The van der Waals surface area contributed by atoms with Crippen molar-refractivity contribution in [2.75, 3.05) is 0 Å². The number of imidazole rings is 1. The van der Waals surface area contributed by atoms with Crippen LogP contribution in [0.5, 0.6) is 0 Å². The highest BCUT2D eigenvalue weighted by molar-refractivity contribution is 7.82. The van der Waals surface area contributed by atoms with Crippen LogP contribution in [-0.2, 0) is 6.54 Å². The van der Waals surface area contributed by atoms with E-state index in [2.05, 4.69) is 49.2 Å². The maximum atomic E-state index is 7.13. The standard InChI is InChI=1S/C6H10N2S2.CNS/c1-2-3-7-4-5-8(10)6(7)9;2-1-3/h4-5,10H,2-3H2,1H3;/q;-1/p+1. The van der Waals surface area contributed by atoms with E-state index in [-0.39, 0.29) is 0 Å². The monoisotopic (exact) mass is 233 g/mol. The first-order valence-corrected chi connectivity index (χ1v) is 4.93. The van der Waals surface area contributed by atoms with Crippen LogP contribution in [0.1, 0.15) is 13.3 Å². The van der Waals surface area contributed by atoms with Gasteiger partial charge in [-0.2, -0.15) is 9.13 Å². The van der Waals surface area contributed by atoms with Gasteiger partial charge in [0, 0.05) is 12.8 Å². The number of hydrogen-bond acceptors (Lipinski definition) is 3. The van der Waals surface area contributed by atoms with Crippen LogP contribution < -0.4 is 4.57 Å². The molecule has 0 saturated carbocycles. The van der Waals surface area contributed by atoms with Crippen LogP contribution in [0, 0.1) is 0 Å². The molecule has 1 aromatic rings. The molecular formula is C7H11N3S3. The van der Waals surface area contributed by atoms with Gasteiger partial charge in [0.05, 0.1) is 6.54 Å². The lowest BCUT2D eigenvalue weighted by atomic mass is 10.5. The second-order valence-corrected chi connectivity index (χ2v) is 3.24. The van der Waals surface area contributed by atoms with Crippen molar-refractivity contribution in [1.82, 2.24) is 3.97 Å². The summed E-state index contributed by atoms with van der Waals surface area (Å²) in [5.74, 6) is 0. The summed E-state index contributed by atoms with van der Waals surface area (Å²) in [5.41, 5.74) is 0. The Bertz CT molecular complexity index is 289. The first kappa shape index (κ1) is 12.7. The van der Waals surface area contributed by atoms with E-state index in [1.807, 2.05) is 12.4 Å². The van der Waals surface area contributed by atoms with Crippen LogP contribution in [0.3, 0.4) is 0 Å². The Morgan fingerprint density at radius 1 is 1.77 bits per heavy atom. The summed E-state index contributed by atoms with van der Waals surface area (Å²) >= 11 is 12.1. The van der Waals surface area contributed by atoms with Gasteiger partial charge in [0.15, 0.2) is 0 Å². The zero-order valence-corrected chi connectivity index (χ0v) is 9.82. The van der Waals surface area contributed by atoms with Crippen molar-refractivity contribution in [3.8, 4) is 0 Å². The number of rotatable bonds is 2. The van der Waals surface area contributed by atoms with Crippen LogP contribution in [0.25, 0.3) is 5.41 Å². The van der Waals surface area contributed by atoms with Crippen molar-refractivity contribution in [3.05, 3.63) is 17.8 Å². The minimum absolute atomic E-state index is 0.880. The molecule has 0 amide bonds. The lowest BCUT2D eigenvalue weighted by Gasteiger charge is -1.91. The predicted molar refractivity (Wildman–Crippen MR) is 62.5 cm³/mol. The van der Waals surface area contributed by atoms with E-state index < -0.39 is 0 Å². The molecule has 13 heavy (non-hydrogen) atoms. The maximum Gasteiger partial charge on any atom is 0.326 e. The number of thiol groups is 2. The van der Waals surface area contributed by atoms with Gasteiger partial charge in [-0.1, -0.05) is 31.8 Å². The van der Waals surface area contributed by atoms with Gasteiger partial charge < -0.3 is 5.41 Å². The normalized spacial score (nSPS) is 8.54. The van der Waals surface area contributed by atoms with Gasteiger partial charge in [-0.05, 0) is 6.42 Å². The molecule has 1 heterocycles. The largest absolute Gasteiger partial charge is 0.753 e. The first-order chi connectivity index (χ1) is 6.17. The summed E-state index contributed by atoms with van der Waals surface area (Å²) in [4.78, 5) is 0. The molecule has 0 fully saturated rings. The molecule has 1 rings (SSSR count). The lowest BCUT2D eigenvalue weighted by Crippen LogP contribution is -2.32. The van der Waals surface area contributed by atoms with Crippen molar-refractivity contribution in [1.29, 1.82) is 0 Å². The van der Waals surface area contributed by atoms with Crippen molar-refractivity contribution in [2.45, 2.75) is 25.0 Å². The van der Waals surface area contributed by atoms with Crippen LogP contribution >= 0.6 is 37.7 Å². The molecular weight excluding hydrogens is 222 g/mol. The molecule has 0 aliphatic carbocycles. The van der Waals surface area contributed by atoms with E-state index in [0.29, 0.717) is 0 Å². The van der Waals surface area contributed by atoms with E-state index >= 15 is 0 Å². The summed E-state index contributed by atoms with van der Waals surface area (Å²) in [7, 11) is 0. The van der Waals surface area contributed by atoms with E-state index in [0.717, 1.165) is 18.1 Å². The Morgan fingerprint density at radius 2 is 2.31 bits per heavy atom. The Kier molecular flexibility index (Phi) is 6.99. The summed E-state index contributed by atoms with van der Waals surface area (Å²) < 4.78 is 3.74. The van der Waals surface area contributed by atoms with E-state index in [1.54, 1.807) is 3.97 Å². The molecule has 1 aromatic heterocycles. The topological polar surface area (TPSA) is 31.1 Å². The molecule has 0 aromatic carbocycles. The summed E-state index contributed by atoms with van der Waals surface area (Å²) in [6.07, 6.45) is 4.97. The zero-order chi connectivity index (χ0) is 10.3. The molecule has 0 saturated heterocycles. The summed E-state index contributed by atoms with van der Waals surface area (Å²) in [6, 6.07) is 0. The number of isothiocyanates is 1. The van der Waals surface area contributed by atoms with Crippen molar-refractivity contribution in [2.24, 2.45) is 0 Å². The minimum Gasteiger partial charge on any atom is -0.753 e. The average molecular weight is 233 g/mol. The van der Waals surface area contributed by atoms with Crippen LogP contribution in [0.15, 0.2) is 17.6 Å². The van der Waals surface area contributed by atoms with E-state index in [1.165, 1.54) is 5.16 Å². The SMILES string of the molecule is CCC[n+]1ccn(S)c1S.[N-]=C=S. The third-order valence-electron chi connectivity index (χ3n) is 1.31. The number of thiocarbonyl (C=S) groups is 1. The maximum absolute atomic E-state index is 7.13. The Hall–Kier alpha value is -0.290. The number of hydrogen-bond donors (Lipinski definition) is 2. The molecule has 3 nitrogen and oxygen atoms in total. The predicted octanol–water partition coefficient (Wildman–Crippen LogP) is 1.83. The highest BCUT2D eigenvalue weighted by atomic mass is 32.1. The zero-order valence-electron chi connectivity index (χ0n) is 7.21. The smallest absolute Gasteiger partial charge is 0.326 e.